The Bertz CT molecular complexity index is 364. The molecular weight excluding hydrogens is 254 g/mol. The highest BCUT2D eigenvalue weighted by molar-refractivity contribution is 9.10. The van der Waals surface area contributed by atoms with E-state index in [9.17, 15) is 0 Å². The summed E-state index contributed by atoms with van der Waals surface area (Å²) in [5, 5.41) is 0. The van der Waals surface area contributed by atoms with Gasteiger partial charge in [-0.25, -0.2) is 0 Å². The largest absolute Gasteiger partial charge is 0.490 e. The molecule has 0 radical (unpaired) electrons. The van der Waals surface area contributed by atoms with Gasteiger partial charge in [0, 0.05) is 22.4 Å². The Morgan fingerprint density at radius 2 is 2.20 bits per heavy atom. The van der Waals surface area contributed by atoms with E-state index in [1.165, 1.54) is 0 Å². The van der Waals surface area contributed by atoms with Gasteiger partial charge in [0.2, 0.25) is 0 Å². The van der Waals surface area contributed by atoms with Gasteiger partial charge in [-0.2, -0.15) is 0 Å². The molecular formula is C12H16BrNO. The van der Waals surface area contributed by atoms with Crippen LogP contribution in [0.2, 0.25) is 0 Å². The van der Waals surface area contributed by atoms with Crippen molar-refractivity contribution in [1.82, 2.24) is 0 Å². The summed E-state index contributed by atoms with van der Waals surface area (Å²) < 4.78 is 6.95. The summed E-state index contributed by atoms with van der Waals surface area (Å²) in [5.41, 5.74) is 6.03. The van der Waals surface area contributed by atoms with Crippen LogP contribution < -0.4 is 10.5 Å². The minimum Gasteiger partial charge on any atom is -0.490 e. The molecule has 0 bridgehead atoms. The molecule has 3 heteroatoms. The molecule has 1 aromatic carbocycles. The maximum atomic E-state index is 5.94. The number of ether oxygens (including phenoxy) is 1. The van der Waals surface area contributed by atoms with Crippen molar-refractivity contribution >= 4 is 15.9 Å². The van der Waals surface area contributed by atoms with Crippen molar-refractivity contribution in [3.05, 3.63) is 28.7 Å². The van der Waals surface area contributed by atoms with Crippen LogP contribution in [0.25, 0.3) is 0 Å². The van der Waals surface area contributed by atoms with E-state index in [0.29, 0.717) is 0 Å². The molecule has 15 heavy (non-hydrogen) atoms. The van der Waals surface area contributed by atoms with Crippen LogP contribution in [0.3, 0.4) is 0 Å². The van der Waals surface area contributed by atoms with Gasteiger partial charge in [-0.1, -0.05) is 35.8 Å². The first kappa shape index (κ1) is 11.0. The van der Waals surface area contributed by atoms with E-state index >= 15 is 0 Å². The van der Waals surface area contributed by atoms with Crippen LogP contribution in [0.1, 0.15) is 20.3 Å². The average Bonchev–Trinajstić information content (AvgIpc) is 2.17. The Balaban J connectivity index is 2.05. The lowest BCUT2D eigenvalue weighted by atomic mass is 9.65. The van der Waals surface area contributed by atoms with Crippen LogP contribution in [0, 0.1) is 5.41 Å². The Labute approximate surface area is 98.9 Å². The first-order chi connectivity index (χ1) is 7.00. The molecule has 1 aliphatic rings. The number of halogens is 1. The minimum atomic E-state index is 0.0856. The number of nitrogens with two attached hydrogens (primary N) is 1. The standard InChI is InChI=1S/C12H16BrNO/c1-12(2)10(14)7-11(12)15-9-5-3-4-8(13)6-9/h3-6,10-11H,7,14H2,1-2H3. The summed E-state index contributed by atoms with van der Waals surface area (Å²) in [5.74, 6) is 0.911. The van der Waals surface area contributed by atoms with E-state index in [1.807, 2.05) is 24.3 Å². The highest BCUT2D eigenvalue weighted by Gasteiger charge is 2.47. The van der Waals surface area contributed by atoms with E-state index < -0.39 is 0 Å². The molecule has 0 saturated heterocycles. The van der Waals surface area contributed by atoms with Gasteiger partial charge in [0.1, 0.15) is 11.9 Å². The monoisotopic (exact) mass is 269 g/mol. The number of hydrogen-bond acceptors (Lipinski definition) is 2. The molecule has 2 nitrogen and oxygen atoms in total. The van der Waals surface area contributed by atoms with E-state index in [4.69, 9.17) is 10.5 Å². The molecule has 0 spiro atoms. The fourth-order valence-corrected chi connectivity index (χ4v) is 2.20. The smallest absolute Gasteiger partial charge is 0.120 e. The van der Waals surface area contributed by atoms with Crippen LogP contribution in [0.15, 0.2) is 28.7 Å². The predicted octanol–water partition coefficient (Wildman–Crippen LogP) is 2.95. The molecule has 2 N–H and O–H groups in total. The topological polar surface area (TPSA) is 35.2 Å². The van der Waals surface area contributed by atoms with Crippen molar-refractivity contribution < 1.29 is 4.74 Å². The normalized spacial score (nSPS) is 28.3. The van der Waals surface area contributed by atoms with Crippen molar-refractivity contribution in [2.45, 2.75) is 32.4 Å². The number of benzene rings is 1. The van der Waals surface area contributed by atoms with E-state index in [0.717, 1.165) is 16.6 Å². The van der Waals surface area contributed by atoms with Gasteiger partial charge in [-0.05, 0) is 18.2 Å². The van der Waals surface area contributed by atoms with E-state index in [2.05, 4.69) is 29.8 Å². The highest BCUT2D eigenvalue weighted by atomic mass is 79.9. The molecule has 0 amide bonds. The first-order valence-electron chi connectivity index (χ1n) is 5.18. The van der Waals surface area contributed by atoms with Gasteiger partial charge in [0.25, 0.3) is 0 Å². The van der Waals surface area contributed by atoms with Gasteiger partial charge in [0.05, 0.1) is 0 Å². The van der Waals surface area contributed by atoms with E-state index in [1.54, 1.807) is 0 Å². The second-order valence-electron chi connectivity index (χ2n) is 4.73. The van der Waals surface area contributed by atoms with Crippen molar-refractivity contribution in [1.29, 1.82) is 0 Å². The number of hydrogen-bond donors (Lipinski definition) is 1. The molecule has 82 valence electrons. The zero-order valence-corrected chi connectivity index (χ0v) is 10.6. The summed E-state index contributed by atoms with van der Waals surface area (Å²) in [6, 6.07) is 8.19. The average molecular weight is 270 g/mol. The third kappa shape index (κ3) is 2.04. The van der Waals surface area contributed by atoms with Crippen molar-refractivity contribution in [2.75, 3.05) is 0 Å². The van der Waals surface area contributed by atoms with Crippen LogP contribution in [0.5, 0.6) is 5.75 Å². The van der Waals surface area contributed by atoms with Gasteiger partial charge >= 0.3 is 0 Å². The highest BCUT2D eigenvalue weighted by Crippen LogP contribution is 2.41. The lowest BCUT2D eigenvalue weighted by Crippen LogP contribution is -2.60. The van der Waals surface area contributed by atoms with Crippen LogP contribution in [0.4, 0.5) is 0 Å². The Hall–Kier alpha value is -0.540. The van der Waals surface area contributed by atoms with E-state index in [-0.39, 0.29) is 17.6 Å². The van der Waals surface area contributed by atoms with Crippen molar-refractivity contribution in [2.24, 2.45) is 11.1 Å². The number of rotatable bonds is 2. The Morgan fingerprint density at radius 3 is 2.73 bits per heavy atom. The van der Waals surface area contributed by atoms with Crippen LogP contribution >= 0.6 is 15.9 Å². The predicted molar refractivity (Wildman–Crippen MR) is 64.9 cm³/mol. The fraction of sp³-hybridized carbons (Fsp3) is 0.500. The summed E-state index contributed by atoms with van der Waals surface area (Å²) in [6.45, 7) is 4.31. The Kier molecular flexibility index (Phi) is 2.77. The molecule has 0 aliphatic heterocycles. The summed E-state index contributed by atoms with van der Waals surface area (Å²) >= 11 is 3.43. The maximum Gasteiger partial charge on any atom is 0.120 e. The molecule has 1 aromatic rings. The molecule has 0 aromatic heterocycles. The molecule has 0 heterocycles. The van der Waals surface area contributed by atoms with Crippen molar-refractivity contribution in [3.63, 3.8) is 0 Å². The van der Waals surface area contributed by atoms with Gasteiger partial charge < -0.3 is 10.5 Å². The minimum absolute atomic E-state index is 0.0856. The second kappa shape index (κ2) is 3.80. The van der Waals surface area contributed by atoms with Gasteiger partial charge in [-0.15, -0.1) is 0 Å². The van der Waals surface area contributed by atoms with Crippen LogP contribution in [-0.4, -0.2) is 12.1 Å². The van der Waals surface area contributed by atoms with Crippen LogP contribution in [-0.2, 0) is 0 Å². The molecule has 2 unspecified atom stereocenters. The van der Waals surface area contributed by atoms with Gasteiger partial charge in [-0.3, -0.25) is 0 Å². The summed E-state index contributed by atoms with van der Waals surface area (Å²) in [4.78, 5) is 0. The molecule has 1 saturated carbocycles. The second-order valence-corrected chi connectivity index (χ2v) is 5.64. The third-order valence-corrected chi connectivity index (χ3v) is 3.82. The van der Waals surface area contributed by atoms with Crippen molar-refractivity contribution in [3.8, 4) is 5.75 Å². The SMILES string of the molecule is CC1(C)C(N)CC1Oc1cccc(Br)c1. The summed E-state index contributed by atoms with van der Waals surface area (Å²) in [6.07, 6.45) is 1.18. The molecule has 1 fully saturated rings. The molecule has 2 rings (SSSR count). The first-order valence-corrected chi connectivity index (χ1v) is 5.97. The maximum absolute atomic E-state index is 5.94. The molecule has 2 atom stereocenters. The lowest BCUT2D eigenvalue weighted by Gasteiger charge is -2.49. The fourth-order valence-electron chi connectivity index (χ4n) is 1.82. The quantitative estimate of drug-likeness (QED) is 0.896. The van der Waals surface area contributed by atoms with Gasteiger partial charge in [0.15, 0.2) is 0 Å². The third-order valence-electron chi connectivity index (χ3n) is 3.33. The lowest BCUT2D eigenvalue weighted by molar-refractivity contribution is -0.0400. The summed E-state index contributed by atoms with van der Waals surface area (Å²) in [7, 11) is 0. The zero-order valence-electron chi connectivity index (χ0n) is 9.03. The Morgan fingerprint density at radius 1 is 1.47 bits per heavy atom. The molecule has 1 aliphatic carbocycles. The zero-order chi connectivity index (χ0) is 11.1.